The molecule has 2 aromatic heterocycles. The van der Waals surface area contributed by atoms with Gasteiger partial charge in [0, 0.05) is 37.4 Å². The smallest absolute Gasteiger partial charge is 0.228 e. The Morgan fingerprint density at radius 3 is 3.05 bits per heavy atom. The Kier molecular flexibility index (Phi) is 4.03. The molecule has 0 radical (unpaired) electrons. The van der Waals surface area contributed by atoms with E-state index in [1.807, 2.05) is 23.4 Å². The van der Waals surface area contributed by atoms with Crippen molar-refractivity contribution in [2.45, 2.75) is 19.4 Å². The van der Waals surface area contributed by atoms with Crippen LogP contribution in [0.4, 0.5) is 0 Å². The lowest BCUT2D eigenvalue weighted by Gasteiger charge is -2.38. The van der Waals surface area contributed by atoms with Gasteiger partial charge in [-0.05, 0) is 14.0 Å². The molecule has 3 heterocycles. The van der Waals surface area contributed by atoms with Crippen molar-refractivity contribution in [2.75, 3.05) is 26.7 Å². The zero-order valence-electron chi connectivity index (χ0n) is 12.2. The summed E-state index contributed by atoms with van der Waals surface area (Å²) in [5.41, 5.74) is 0.871. The number of H-pyrrole nitrogens is 1. The second-order valence-electron chi connectivity index (χ2n) is 5.35. The molecule has 0 aromatic carbocycles. The van der Waals surface area contributed by atoms with Crippen molar-refractivity contribution in [1.29, 1.82) is 0 Å². The minimum Gasteiger partial charge on any atom is -0.347 e. The van der Waals surface area contributed by atoms with Crippen LogP contribution in [-0.2, 0) is 11.2 Å². The van der Waals surface area contributed by atoms with Crippen LogP contribution in [0.5, 0.6) is 0 Å². The van der Waals surface area contributed by atoms with Gasteiger partial charge in [0.15, 0.2) is 0 Å². The number of hydrogen-bond donors (Lipinski definition) is 1. The van der Waals surface area contributed by atoms with Crippen LogP contribution in [0.3, 0.4) is 0 Å². The van der Waals surface area contributed by atoms with Crippen LogP contribution in [0.15, 0.2) is 17.8 Å². The van der Waals surface area contributed by atoms with Gasteiger partial charge in [0.2, 0.25) is 5.91 Å². The third kappa shape index (κ3) is 3.14. The maximum atomic E-state index is 12.4. The zero-order chi connectivity index (χ0) is 14.8. The molecule has 1 aliphatic rings. The van der Waals surface area contributed by atoms with Gasteiger partial charge in [-0.15, -0.1) is 11.3 Å². The maximum absolute atomic E-state index is 12.4. The predicted octanol–water partition coefficient (Wildman–Crippen LogP) is 1.23. The van der Waals surface area contributed by atoms with Crippen LogP contribution in [0.2, 0.25) is 0 Å². The Hall–Kier alpha value is -1.73. The summed E-state index contributed by atoms with van der Waals surface area (Å²) in [5.74, 6) is 1.06. The average molecular weight is 305 g/mol. The number of piperazine rings is 1. The first-order chi connectivity index (χ1) is 10.1. The highest BCUT2D eigenvalue weighted by molar-refractivity contribution is 7.09. The molecule has 112 valence electrons. The van der Waals surface area contributed by atoms with Crippen molar-refractivity contribution < 1.29 is 4.79 Å². The van der Waals surface area contributed by atoms with Crippen molar-refractivity contribution in [3.8, 4) is 0 Å². The molecule has 1 amide bonds. The fraction of sp³-hybridized carbons (Fsp3) is 0.500. The average Bonchev–Trinajstić information content (AvgIpc) is 3.11. The van der Waals surface area contributed by atoms with Crippen LogP contribution in [0, 0.1) is 6.92 Å². The van der Waals surface area contributed by atoms with E-state index in [0.717, 1.165) is 29.6 Å². The minimum absolute atomic E-state index is 0.134. The fourth-order valence-electron chi connectivity index (χ4n) is 2.61. The first kappa shape index (κ1) is 14.2. The number of rotatable bonds is 3. The second kappa shape index (κ2) is 5.95. The highest BCUT2D eigenvalue weighted by Crippen LogP contribution is 2.21. The van der Waals surface area contributed by atoms with Crippen LogP contribution >= 0.6 is 11.3 Å². The molecule has 21 heavy (non-hydrogen) atoms. The summed E-state index contributed by atoms with van der Waals surface area (Å²) in [5, 5.41) is 2.97. The van der Waals surface area contributed by atoms with E-state index in [2.05, 4.69) is 26.9 Å². The van der Waals surface area contributed by atoms with Gasteiger partial charge < -0.3 is 9.88 Å². The van der Waals surface area contributed by atoms with Crippen molar-refractivity contribution in [1.82, 2.24) is 24.8 Å². The van der Waals surface area contributed by atoms with Gasteiger partial charge in [0.05, 0.1) is 23.2 Å². The van der Waals surface area contributed by atoms with Gasteiger partial charge in [-0.1, -0.05) is 0 Å². The number of carbonyl (C=O) groups excluding carboxylic acids is 1. The molecule has 0 spiro atoms. The molecule has 3 rings (SSSR count). The maximum Gasteiger partial charge on any atom is 0.228 e. The lowest BCUT2D eigenvalue weighted by Crippen LogP contribution is -2.49. The predicted molar refractivity (Wildman–Crippen MR) is 81.1 cm³/mol. The number of carbonyl (C=O) groups is 1. The van der Waals surface area contributed by atoms with Crippen molar-refractivity contribution >= 4 is 17.2 Å². The van der Waals surface area contributed by atoms with E-state index in [-0.39, 0.29) is 11.9 Å². The first-order valence-corrected chi connectivity index (χ1v) is 7.90. The molecule has 1 N–H and O–H groups in total. The Morgan fingerprint density at radius 1 is 1.52 bits per heavy atom. The molecule has 0 saturated carbocycles. The highest BCUT2D eigenvalue weighted by atomic mass is 32.1. The molecular formula is C14H19N5OS. The second-order valence-corrected chi connectivity index (χ2v) is 6.41. The standard InChI is InChI=1S/C14H19N5OS/c1-10-17-11(9-21-10)7-13(20)19-6-5-18(2)12(8-19)14-15-3-4-16-14/h3-4,9,12H,5-8H2,1-2H3,(H,15,16)/t12-/m0/s1. The largest absolute Gasteiger partial charge is 0.347 e. The van der Waals surface area contributed by atoms with Crippen LogP contribution in [-0.4, -0.2) is 57.3 Å². The normalized spacial score (nSPS) is 19.9. The molecule has 0 unspecified atom stereocenters. The molecule has 0 aliphatic carbocycles. The number of hydrogen-bond acceptors (Lipinski definition) is 5. The SMILES string of the molecule is Cc1nc(CC(=O)N2CCN(C)[C@H](c3ncc[nH]3)C2)cs1. The summed E-state index contributed by atoms with van der Waals surface area (Å²) in [7, 11) is 2.07. The number of aromatic nitrogens is 3. The molecule has 2 aromatic rings. The number of amides is 1. The highest BCUT2D eigenvalue weighted by Gasteiger charge is 2.29. The van der Waals surface area contributed by atoms with Gasteiger partial charge in [-0.2, -0.15) is 0 Å². The molecule has 1 saturated heterocycles. The van der Waals surface area contributed by atoms with Crippen molar-refractivity contribution in [3.63, 3.8) is 0 Å². The van der Waals surface area contributed by atoms with E-state index in [9.17, 15) is 4.79 Å². The van der Waals surface area contributed by atoms with E-state index in [4.69, 9.17) is 0 Å². The molecule has 7 heteroatoms. The molecular weight excluding hydrogens is 286 g/mol. The number of nitrogens with one attached hydrogen (secondary N) is 1. The minimum atomic E-state index is 0.134. The third-order valence-electron chi connectivity index (χ3n) is 3.83. The number of thiazole rings is 1. The third-order valence-corrected chi connectivity index (χ3v) is 4.66. The van der Waals surface area contributed by atoms with E-state index in [0.29, 0.717) is 13.0 Å². The summed E-state index contributed by atoms with van der Waals surface area (Å²) < 4.78 is 0. The molecule has 1 aliphatic heterocycles. The van der Waals surface area contributed by atoms with Gasteiger partial charge in [-0.25, -0.2) is 9.97 Å². The Bertz CT molecular complexity index is 609. The fourth-order valence-corrected chi connectivity index (χ4v) is 3.22. The lowest BCUT2D eigenvalue weighted by molar-refractivity contribution is -0.133. The van der Waals surface area contributed by atoms with Crippen LogP contribution < -0.4 is 0 Å². The summed E-state index contributed by atoms with van der Waals surface area (Å²) in [6.45, 7) is 4.25. The molecule has 0 bridgehead atoms. The topological polar surface area (TPSA) is 65.1 Å². The lowest BCUT2D eigenvalue weighted by atomic mass is 10.1. The number of nitrogens with zero attached hydrogens (tertiary/aromatic N) is 4. The number of aryl methyl sites for hydroxylation is 1. The molecule has 6 nitrogen and oxygen atoms in total. The summed E-state index contributed by atoms with van der Waals surface area (Å²) in [6.07, 6.45) is 3.96. The number of likely N-dealkylation sites (N-methyl/N-ethyl adjacent to an activating group) is 1. The summed E-state index contributed by atoms with van der Waals surface area (Å²) in [4.78, 5) is 28.4. The monoisotopic (exact) mass is 305 g/mol. The van der Waals surface area contributed by atoms with Gasteiger partial charge in [-0.3, -0.25) is 9.69 Å². The van der Waals surface area contributed by atoms with E-state index in [1.165, 1.54) is 0 Å². The van der Waals surface area contributed by atoms with Crippen molar-refractivity contribution in [3.05, 3.63) is 34.3 Å². The van der Waals surface area contributed by atoms with Crippen LogP contribution in [0.25, 0.3) is 0 Å². The van der Waals surface area contributed by atoms with E-state index < -0.39 is 0 Å². The Labute approximate surface area is 127 Å². The summed E-state index contributed by atoms with van der Waals surface area (Å²) in [6, 6.07) is 0.134. The first-order valence-electron chi connectivity index (χ1n) is 7.02. The van der Waals surface area contributed by atoms with Gasteiger partial charge >= 0.3 is 0 Å². The number of aromatic amines is 1. The Morgan fingerprint density at radius 2 is 2.38 bits per heavy atom. The van der Waals surface area contributed by atoms with E-state index >= 15 is 0 Å². The number of imidazole rings is 1. The quantitative estimate of drug-likeness (QED) is 0.926. The van der Waals surface area contributed by atoms with Crippen LogP contribution in [0.1, 0.15) is 22.6 Å². The van der Waals surface area contributed by atoms with Crippen molar-refractivity contribution in [2.24, 2.45) is 0 Å². The van der Waals surface area contributed by atoms with Gasteiger partial charge in [0.1, 0.15) is 5.82 Å². The Balaban J connectivity index is 1.67. The van der Waals surface area contributed by atoms with Gasteiger partial charge in [0.25, 0.3) is 0 Å². The molecule has 1 atom stereocenters. The van der Waals surface area contributed by atoms with E-state index in [1.54, 1.807) is 17.5 Å². The zero-order valence-corrected chi connectivity index (χ0v) is 13.1. The summed E-state index contributed by atoms with van der Waals surface area (Å²) >= 11 is 1.59. The molecule has 1 fully saturated rings.